The van der Waals surface area contributed by atoms with E-state index in [2.05, 4.69) is 0 Å². The van der Waals surface area contributed by atoms with Gasteiger partial charge in [-0.2, -0.15) is 0 Å². The molecule has 0 aromatic carbocycles. The Hall–Kier alpha value is -0.570. The predicted molar refractivity (Wildman–Crippen MR) is 51.5 cm³/mol. The fourth-order valence-corrected chi connectivity index (χ4v) is 0.758. The normalized spacial score (nSPS) is 13.0. The van der Waals surface area contributed by atoms with Gasteiger partial charge >= 0.3 is 5.97 Å². The molecule has 0 aliphatic carbocycles. The van der Waals surface area contributed by atoms with Gasteiger partial charge in [-0.05, 0) is 6.92 Å². The van der Waals surface area contributed by atoms with Gasteiger partial charge in [-0.15, -0.1) is 0 Å². The first-order chi connectivity index (χ1) is 6.07. The topological polar surface area (TPSA) is 35.5 Å². The van der Waals surface area contributed by atoms with Crippen molar-refractivity contribution in [1.29, 1.82) is 0 Å². The van der Waals surface area contributed by atoms with E-state index in [0.717, 1.165) is 0 Å². The summed E-state index contributed by atoms with van der Waals surface area (Å²) in [6.45, 7) is 9.43. The van der Waals surface area contributed by atoms with Gasteiger partial charge in [0.05, 0.1) is 19.1 Å². The van der Waals surface area contributed by atoms with Gasteiger partial charge in [0.2, 0.25) is 0 Å². The molecule has 13 heavy (non-hydrogen) atoms. The molecule has 78 valence electrons. The van der Waals surface area contributed by atoms with Crippen LogP contribution in [0.5, 0.6) is 0 Å². The van der Waals surface area contributed by atoms with E-state index >= 15 is 0 Å². The van der Waals surface area contributed by atoms with Crippen LogP contribution in [0.15, 0.2) is 0 Å². The summed E-state index contributed by atoms with van der Waals surface area (Å²) >= 11 is 0. The lowest BCUT2D eigenvalue weighted by Crippen LogP contribution is -2.19. The van der Waals surface area contributed by atoms with E-state index < -0.39 is 0 Å². The molecule has 0 amide bonds. The standard InChI is InChI=1S/C10H20O3/c1-5-12-6-9(4)7-13-10(11)8(2)3/h8-9H,5-7H2,1-4H3. The highest BCUT2D eigenvalue weighted by atomic mass is 16.5. The number of ether oxygens (including phenoxy) is 2. The van der Waals surface area contributed by atoms with Gasteiger partial charge in [0, 0.05) is 12.5 Å². The molecule has 3 heteroatoms. The lowest BCUT2D eigenvalue weighted by molar-refractivity contribution is -0.149. The van der Waals surface area contributed by atoms with Crippen LogP contribution in [-0.4, -0.2) is 25.8 Å². The first-order valence-electron chi connectivity index (χ1n) is 4.82. The van der Waals surface area contributed by atoms with Crippen molar-refractivity contribution in [3.8, 4) is 0 Å². The van der Waals surface area contributed by atoms with Crippen molar-refractivity contribution >= 4 is 5.97 Å². The lowest BCUT2D eigenvalue weighted by Gasteiger charge is -2.12. The molecule has 0 N–H and O–H groups in total. The van der Waals surface area contributed by atoms with Gasteiger partial charge in [-0.25, -0.2) is 0 Å². The second-order valence-electron chi connectivity index (χ2n) is 3.55. The van der Waals surface area contributed by atoms with Crippen molar-refractivity contribution in [3.63, 3.8) is 0 Å². The maximum Gasteiger partial charge on any atom is 0.308 e. The summed E-state index contributed by atoms with van der Waals surface area (Å²) in [5.74, 6) is 0.102. The summed E-state index contributed by atoms with van der Waals surface area (Å²) in [4.78, 5) is 11.1. The van der Waals surface area contributed by atoms with Crippen LogP contribution in [0.25, 0.3) is 0 Å². The Balaban J connectivity index is 3.46. The molecule has 0 heterocycles. The van der Waals surface area contributed by atoms with Crippen LogP contribution in [0.1, 0.15) is 27.7 Å². The number of carbonyl (C=O) groups is 1. The third-order valence-corrected chi connectivity index (χ3v) is 1.59. The molecule has 0 radical (unpaired) electrons. The quantitative estimate of drug-likeness (QED) is 0.597. The largest absolute Gasteiger partial charge is 0.465 e. The average Bonchev–Trinajstić information content (AvgIpc) is 2.10. The molecule has 0 aliphatic heterocycles. The molecule has 0 bridgehead atoms. The van der Waals surface area contributed by atoms with Gasteiger partial charge in [0.25, 0.3) is 0 Å². The van der Waals surface area contributed by atoms with Crippen LogP contribution in [0.4, 0.5) is 0 Å². The molecule has 1 unspecified atom stereocenters. The summed E-state index contributed by atoms with van der Waals surface area (Å²) in [5, 5.41) is 0. The van der Waals surface area contributed by atoms with Crippen LogP contribution in [0.2, 0.25) is 0 Å². The van der Waals surface area contributed by atoms with Gasteiger partial charge in [-0.3, -0.25) is 4.79 Å². The van der Waals surface area contributed by atoms with Gasteiger partial charge < -0.3 is 9.47 Å². The minimum absolute atomic E-state index is 0.0423. The average molecular weight is 188 g/mol. The fourth-order valence-electron chi connectivity index (χ4n) is 0.758. The van der Waals surface area contributed by atoms with Crippen LogP contribution in [0, 0.1) is 11.8 Å². The molecule has 0 aromatic heterocycles. The number of hydrogen-bond donors (Lipinski definition) is 0. The number of rotatable bonds is 6. The molecule has 0 rings (SSSR count). The van der Waals surface area contributed by atoms with E-state index in [1.807, 2.05) is 27.7 Å². The molecule has 0 aliphatic rings. The maximum atomic E-state index is 11.1. The van der Waals surface area contributed by atoms with E-state index in [9.17, 15) is 4.79 Å². The van der Waals surface area contributed by atoms with Gasteiger partial charge in [0.15, 0.2) is 0 Å². The molecule has 0 spiro atoms. The lowest BCUT2D eigenvalue weighted by atomic mass is 10.2. The molecular formula is C10H20O3. The minimum atomic E-state index is -0.136. The van der Waals surface area contributed by atoms with Crippen LogP contribution in [-0.2, 0) is 14.3 Å². The zero-order valence-electron chi connectivity index (χ0n) is 9.00. The molecule has 0 saturated heterocycles. The summed E-state index contributed by atoms with van der Waals surface area (Å²) in [6, 6.07) is 0. The zero-order valence-corrected chi connectivity index (χ0v) is 9.00. The van der Waals surface area contributed by atoms with E-state index in [4.69, 9.17) is 9.47 Å². The molecule has 0 saturated carbocycles. The number of carbonyl (C=O) groups excluding carboxylic acids is 1. The van der Waals surface area contributed by atoms with E-state index in [1.165, 1.54) is 0 Å². The fraction of sp³-hybridized carbons (Fsp3) is 0.900. The predicted octanol–water partition coefficient (Wildman–Crippen LogP) is 1.86. The van der Waals surface area contributed by atoms with Crippen molar-refractivity contribution < 1.29 is 14.3 Å². The SMILES string of the molecule is CCOCC(C)COC(=O)C(C)C. The maximum absolute atomic E-state index is 11.1. The van der Waals surface area contributed by atoms with Crippen LogP contribution < -0.4 is 0 Å². The first kappa shape index (κ1) is 12.4. The van der Waals surface area contributed by atoms with E-state index in [0.29, 0.717) is 19.8 Å². The van der Waals surface area contributed by atoms with Crippen molar-refractivity contribution in [3.05, 3.63) is 0 Å². The smallest absolute Gasteiger partial charge is 0.308 e. The highest BCUT2D eigenvalue weighted by molar-refractivity contribution is 5.71. The summed E-state index contributed by atoms with van der Waals surface area (Å²) in [6.07, 6.45) is 0. The highest BCUT2D eigenvalue weighted by Gasteiger charge is 2.10. The Morgan fingerprint density at radius 3 is 2.31 bits per heavy atom. The monoisotopic (exact) mass is 188 g/mol. The van der Waals surface area contributed by atoms with E-state index in [1.54, 1.807) is 0 Å². The number of hydrogen-bond acceptors (Lipinski definition) is 3. The van der Waals surface area contributed by atoms with Crippen molar-refractivity contribution in [1.82, 2.24) is 0 Å². The first-order valence-corrected chi connectivity index (χ1v) is 4.82. The Labute approximate surface area is 80.4 Å². The van der Waals surface area contributed by atoms with Crippen LogP contribution in [0.3, 0.4) is 0 Å². The van der Waals surface area contributed by atoms with Gasteiger partial charge in [-0.1, -0.05) is 20.8 Å². The second-order valence-corrected chi connectivity index (χ2v) is 3.55. The van der Waals surface area contributed by atoms with Crippen molar-refractivity contribution in [2.24, 2.45) is 11.8 Å². The van der Waals surface area contributed by atoms with Crippen molar-refractivity contribution in [2.75, 3.05) is 19.8 Å². The third-order valence-electron chi connectivity index (χ3n) is 1.59. The number of esters is 1. The van der Waals surface area contributed by atoms with E-state index in [-0.39, 0.29) is 17.8 Å². The summed E-state index contributed by atoms with van der Waals surface area (Å²) < 4.78 is 10.2. The molecule has 3 nitrogen and oxygen atoms in total. The van der Waals surface area contributed by atoms with Gasteiger partial charge in [0.1, 0.15) is 0 Å². The zero-order chi connectivity index (χ0) is 10.3. The molecule has 0 aromatic rings. The highest BCUT2D eigenvalue weighted by Crippen LogP contribution is 2.01. The molecule has 1 atom stereocenters. The Kier molecular flexibility index (Phi) is 6.59. The van der Waals surface area contributed by atoms with Crippen molar-refractivity contribution in [2.45, 2.75) is 27.7 Å². The third kappa shape index (κ3) is 6.58. The summed E-state index contributed by atoms with van der Waals surface area (Å²) in [5.41, 5.74) is 0. The summed E-state index contributed by atoms with van der Waals surface area (Å²) in [7, 11) is 0. The Morgan fingerprint density at radius 2 is 1.85 bits per heavy atom. The minimum Gasteiger partial charge on any atom is -0.465 e. The molecule has 0 fully saturated rings. The second kappa shape index (κ2) is 6.89. The van der Waals surface area contributed by atoms with Crippen LogP contribution >= 0.6 is 0 Å². The molecular weight excluding hydrogens is 168 g/mol. The Bertz CT molecular complexity index is 143. The Morgan fingerprint density at radius 1 is 1.23 bits per heavy atom.